The second-order valence-corrected chi connectivity index (χ2v) is 5.39. The topological polar surface area (TPSA) is 44.4 Å². The third kappa shape index (κ3) is 3.26. The predicted molar refractivity (Wildman–Crippen MR) is 78.4 cm³/mol. The summed E-state index contributed by atoms with van der Waals surface area (Å²) in [5.74, 6) is 0.0650. The number of rotatable bonds is 5. The Morgan fingerprint density at radius 3 is 2.95 bits per heavy atom. The molecule has 0 saturated carbocycles. The van der Waals surface area contributed by atoms with Crippen LogP contribution in [0.2, 0.25) is 0 Å². The SMILES string of the molecule is CC(C)N(C)CCNC(=O)C1CNc2ccccc21. The van der Waals surface area contributed by atoms with Crippen molar-refractivity contribution in [3.05, 3.63) is 29.8 Å². The molecule has 0 saturated heterocycles. The Hall–Kier alpha value is -1.55. The molecule has 0 bridgehead atoms. The molecule has 2 N–H and O–H groups in total. The Kier molecular flexibility index (Phi) is 4.43. The van der Waals surface area contributed by atoms with Gasteiger partial charge in [-0.3, -0.25) is 4.79 Å². The van der Waals surface area contributed by atoms with Gasteiger partial charge in [-0.1, -0.05) is 18.2 Å². The average molecular weight is 261 g/mol. The second-order valence-electron chi connectivity index (χ2n) is 5.39. The van der Waals surface area contributed by atoms with Crippen LogP contribution in [-0.4, -0.2) is 43.5 Å². The van der Waals surface area contributed by atoms with Crippen LogP contribution in [0.4, 0.5) is 5.69 Å². The van der Waals surface area contributed by atoms with E-state index in [9.17, 15) is 4.79 Å². The molecule has 1 amide bonds. The summed E-state index contributed by atoms with van der Waals surface area (Å²) in [6.45, 7) is 6.58. The number of carbonyl (C=O) groups is 1. The Balaban J connectivity index is 1.85. The second kappa shape index (κ2) is 6.06. The van der Waals surface area contributed by atoms with Gasteiger partial charge in [0.1, 0.15) is 0 Å². The smallest absolute Gasteiger partial charge is 0.229 e. The molecule has 19 heavy (non-hydrogen) atoms. The number of nitrogens with one attached hydrogen (secondary N) is 2. The molecule has 1 aromatic carbocycles. The molecule has 0 fully saturated rings. The fourth-order valence-corrected chi connectivity index (χ4v) is 2.25. The van der Waals surface area contributed by atoms with Gasteiger partial charge in [-0.2, -0.15) is 0 Å². The van der Waals surface area contributed by atoms with Gasteiger partial charge < -0.3 is 15.5 Å². The van der Waals surface area contributed by atoms with Gasteiger partial charge in [0.15, 0.2) is 0 Å². The zero-order valence-electron chi connectivity index (χ0n) is 11.9. The molecule has 0 aromatic heterocycles. The molecule has 0 aliphatic carbocycles. The summed E-state index contributed by atoms with van der Waals surface area (Å²) >= 11 is 0. The van der Waals surface area contributed by atoms with E-state index in [-0.39, 0.29) is 11.8 Å². The highest BCUT2D eigenvalue weighted by atomic mass is 16.1. The van der Waals surface area contributed by atoms with Gasteiger partial charge >= 0.3 is 0 Å². The van der Waals surface area contributed by atoms with E-state index < -0.39 is 0 Å². The van der Waals surface area contributed by atoms with Crippen molar-refractivity contribution in [1.29, 1.82) is 0 Å². The molecular weight excluding hydrogens is 238 g/mol. The van der Waals surface area contributed by atoms with Gasteiger partial charge in [0.05, 0.1) is 5.92 Å². The number of hydrogen-bond donors (Lipinski definition) is 2. The maximum atomic E-state index is 12.2. The van der Waals surface area contributed by atoms with Crippen LogP contribution in [0, 0.1) is 0 Å². The molecule has 0 spiro atoms. The summed E-state index contributed by atoms with van der Waals surface area (Å²) in [6, 6.07) is 8.53. The molecule has 1 aliphatic heterocycles. The fraction of sp³-hybridized carbons (Fsp3) is 0.533. The number of benzene rings is 1. The van der Waals surface area contributed by atoms with Crippen molar-refractivity contribution in [2.45, 2.75) is 25.8 Å². The molecule has 0 radical (unpaired) electrons. The van der Waals surface area contributed by atoms with Crippen molar-refractivity contribution < 1.29 is 4.79 Å². The van der Waals surface area contributed by atoms with Gasteiger partial charge in [-0.05, 0) is 32.5 Å². The number of nitrogens with zero attached hydrogens (tertiary/aromatic N) is 1. The molecule has 4 heteroatoms. The van der Waals surface area contributed by atoms with E-state index in [4.69, 9.17) is 0 Å². The highest BCUT2D eigenvalue weighted by molar-refractivity contribution is 5.88. The Morgan fingerprint density at radius 1 is 1.47 bits per heavy atom. The largest absolute Gasteiger partial charge is 0.384 e. The third-order valence-electron chi connectivity index (χ3n) is 3.79. The maximum Gasteiger partial charge on any atom is 0.229 e. The van der Waals surface area contributed by atoms with Crippen molar-refractivity contribution in [3.8, 4) is 0 Å². The van der Waals surface area contributed by atoms with Crippen LogP contribution in [-0.2, 0) is 4.79 Å². The van der Waals surface area contributed by atoms with Gasteiger partial charge in [-0.25, -0.2) is 0 Å². The van der Waals surface area contributed by atoms with E-state index in [2.05, 4.69) is 36.4 Å². The minimum atomic E-state index is -0.0550. The van der Waals surface area contributed by atoms with E-state index in [0.29, 0.717) is 19.1 Å². The number of fused-ring (bicyclic) bond motifs is 1. The van der Waals surface area contributed by atoms with Crippen LogP contribution in [0.5, 0.6) is 0 Å². The first kappa shape index (κ1) is 13.9. The zero-order valence-corrected chi connectivity index (χ0v) is 11.9. The fourth-order valence-electron chi connectivity index (χ4n) is 2.25. The van der Waals surface area contributed by atoms with Gasteiger partial charge in [-0.15, -0.1) is 0 Å². The highest BCUT2D eigenvalue weighted by Gasteiger charge is 2.27. The minimum Gasteiger partial charge on any atom is -0.384 e. The van der Waals surface area contributed by atoms with Gasteiger partial charge in [0, 0.05) is 31.4 Å². The average Bonchev–Trinajstić information content (AvgIpc) is 2.82. The Labute approximate surface area is 115 Å². The lowest BCUT2D eigenvalue weighted by Gasteiger charge is -2.21. The number of likely N-dealkylation sites (N-methyl/N-ethyl adjacent to an activating group) is 1. The molecule has 1 unspecified atom stereocenters. The summed E-state index contributed by atoms with van der Waals surface area (Å²) in [5, 5.41) is 6.31. The van der Waals surface area contributed by atoms with E-state index in [0.717, 1.165) is 17.8 Å². The van der Waals surface area contributed by atoms with Gasteiger partial charge in [0.25, 0.3) is 0 Å². The molecule has 1 aliphatic rings. The van der Waals surface area contributed by atoms with Crippen molar-refractivity contribution >= 4 is 11.6 Å². The monoisotopic (exact) mass is 261 g/mol. The van der Waals surface area contributed by atoms with Crippen molar-refractivity contribution in [2.24, 2.45) is 0 Å². The lowest BCUT2D eigenvalue weighted by Crippen LogP contribution is -2.38. The zero-order chi connectivity index (χ0) is 13.8. The molecule has 104 valence electrons. The number of para-hydroxylation sites is 1. The van der Waals surface area contributed by atoms with Crippen LogP contribution in [0.1, 0.15) is 25.3 Å². The molecule has 4 nitrogen and oxygen atoms in total. The van der Waals surface area contributed by atoms with Crippen molar-refractivity contribution in [1.82, 2.24) is 10.2 Å². The summed E-state index contributed by atoms with van der Waals surface area (Å²) in [7, 11) is 2.07. The number of anilines is 1. The van der Waals surface area contributed by atoms with E-state index in [1.54, 1.807) is 0 Å². The van der Waals surface area contributed by atoms with Crippen LogP contribution >= 0.6 is 0 Å². The quantitative estimate of drug-likeness (QED) is 0.847. The molecule has 1 aromatic rings. The lowest BCUT2D eigenvalue weighted by molar-refractivity contribution is -0.122. The lowest BCUT2D eigenvalue weighted by atomic mass is 10.0. The first-order valence-electron chi connectivity index (χ1n) is 6.90. The predicted octanol–water partition coefficient (Wildman–Crippen LogP) is 1.65. The van der Waals surface area contributed by atoms with Gasteiger partial charge in [0.2, 0.25) is 5.91 Å². The first-order chi connectivity index (χ1) is 9.09. The standard InChI is InChI=1S/C15H23N3O/c1-11(2)18(3)9-8-16-15(19)13-10-17-14-7-5-4-6-12(13)14/h4-7,11,13,17H,8-10H2,1-3H3,(H,16,19). The number of hydrogen-bond acceptors (Lipinski definition) is 3. The maximum absolute atomic E-state index is 12.2. The third-order valence-corrected chi connectivity index (χ3v) is 3.79. The van der Waals surface area contributed by atoms with Crippen LogP contribution < -0.4 is 10.6 Å². The van der Waals surface area contributed by atoms with E-state index in [1.165, 1.54) is 0 Å². The Bertz CT molecular complexity index is 445. The summed E-state index contributed by atoms with van der Waals surface area (Å²) in [6.07, 6.45) is 0. The number of amides is 1. The Morgan fingerprint density at radius 2 is 2.21 bits per heavy atom. The van der Waals surface area contributed by atoms with Crippen molar-refractivity contribution in [3.63, 3.8) is 0 Å². The van der Waals surface area contributed by atoms with Crippen molar-refractivity contribution in [2.75, 3.05) is 32.0 Å². The van der Waals surface area contributed by atoms with Crippen LogP contribution in [0.25, 0.3) is 0 Å². The molecule has 1 atom stereocenters. The summed E-state index contributed by atoms with van der Waals surface area (Å²) in [4.78, 5) is 14.4. The molecule has 1 heterocycles. The molecular formula is C15H23N3O. The minimum absolute atomic E-state index is 0.0550. The highest BCUT2D eigenvalue weighted by Crippen LogP contribution is 2.30. The first-order valence-corrected chi connectivity index (χ1v) is 6.90. The summed E-state index contributed by atoms with van der Waals surface area (Å²) < 4.78 is 0. The van der Waals surface area contributed by atoms with E-state index >= 15 is 0 Å². The van der Waals surface area contributed by atoms with Crippen LogP contribution in [0.15, 0.2) is 24.3 Å². The normalized spacial score (nSPS) is 17.4. The van der Waals surface area contributed by atoms with Crippen LogP contribution in [0.3, 0.4) is 0 Å². The summed E-state index contributed by atoms with van der Waals surface area (Å²) in [5.41, 5.74) is 2.19. The number of carbonyl (C=O) groups excluding carboxylic acids is 1. The molecule has 2 rings (SSSR count). The van der Waals surface area contributed by atoms with E-state index in [1.807, 2.05) is 24.3 Å².